The smallest absolute Gasteiger partial charge is 0.265 e. The van der Waals surface area contributed by atoms with Crippen LogP contribution in [0.1, 0.15) is 32.5 Å². The molecule has 2 aromatic heterocycles. The van der Waals surface area contributed by atoms with Gasteiger partial charge >= 0.3 is 0 Å². The molecule has 0 saturated carbocycles. The molecule has 7 nitrogen and oxygen atoms in total. The molecule has 0 saturated heterocycles. The Balaban J connectivity index is 1.34. The van der Waals surface area contributed by atoms with Crippen LogP contribution in [0.3, 0.4) is 0 Å². The Bertz CT molecular complexity index is 1260. The number of pyridine rings is 1. The number of hydrogen-bond acceptors (Lipinski definition) is 6. The Morgan fingerprint density at radius 2 is 1.76 bits per heavy atom. The first-order valence-electron chi connectivity index (χ1n) is 10.7. The van der Waals surface area contributed by atoms with E-state index in [1.807, 2.05) is 48.7 Å². The molecule has 8 heteroatoms. The number of carbonyl (C=O) groups is 2. The van der Waals surface area contributed by atoms with Crippen molar-refractivity contribution in [2.24, 2.45) is 0 Å². The van der Waals surface area contributed by atoms with Gasteiger partial charge in [-0.05, 0) is 72.5 Å². The van der Waals surface area contributed by atoms with Gasteiger partial charge < -0.3 is 20.1 Å². The lowest BCUT2D eigenvalue weighted by atomic mass is 10.1. The average Bonchev–Trinajstić information content (AvgIpc) is 3.40. The summed E-state index contributed by atoms with van der Waals surface area (Å²) in [5.74, 6) is 1.38. The molecule has 2 aromatic carbocycles. The van der Waals surface area contributed by atoms with Crippen LogP contribution in [0.5, 0.6) is 17.4 Å². The van der Waals surface area contributed by atoms with Crippen molar-refractivity contribution in [2.75, 3.05) is 11.9 Å². The molecule has 0 bridgehead atoms. The fourth-order valence-corrected chi connectivity index (χ4v) is 3.75. The van der Waals surface area contributed by atoms with E-state index in [1.165, 1.54) is 11.3 Å². The van der Waals surface area contributed by atoms with E-state index < -0.39 is 0 Å². The van der Waals surface area contributed by atoms with Crippen molar-refractivity contribution in [2.45, 2.75) is 13.5 Å². The van der Waals surface area contributed by atoms with Crippen LogP contribution in [-0.2, 0) is 6.54 Å². The highest BCUT2D eigenvalue weighted by Crippen LogP contribution is 2.23. The SMILES string of the molecule is CCOc1ccc(Oc2cc(CNC(=O)c3cccc(NC(=O)c4cccs4)c3)ccn2)cc1. The molecule has 0 aliphatic rings. The maximum absolute atomic E-state index is 12.7. The number of hydrogen-bond donors (Lipinski definition) is 2. The predicted octanol–water partition coefficient (Wildman–Crippen LogP) is 5.52. The van der Waals surface area contributed by atoms with Gasteiger partial charge in [-0.15, -0.1) is 11.3 Å². The van der Waals surface area contributed by atoms with Crippen molar-refractivity contribution in [1.82, 2.24) is 10.3 Å². The van der Waals surface area contributed by atoms with Crippen molar-refractivity contribution >= 4 is 28.8 Å². The number of anilines is 1. The first kappa shape index (κ1) is 23.0. The van der Waals surface area contributed by atoms with Crippen molar-refractivity contribution in [3.8, 4) is 17.4 Å². The van der Waals surface area contributed by atoms with Gasteiger partial charge in [-0.1, -0.05) is 12.1 Å². The van der Waals surface area contributed by atoms with Crippen LogP contribution in [0.2, 0.25) is 0 Å². The molecule has 34 heavy (non-hydrogen) atoms. The second kappa shape index (κ2) is 11.1. The van der Waals surface area contributed by atoms with E-state index in [-0.39, 0.29) is 11.8 Å². The van der Waals surface area contributed by atoms with E-state index in [1.54, 1.807) is 42.6 Å². The number of rotatable bonds is 9. The molecule has 2 amide bonds. The first-order valence-corrected chi connectivity index (χ1v) is 11.6. The van der Waals surface area contributed by atoms with Gasteiger partial charge in [-0.25, -0.2) is 4.98 Å². The molecule has 0 unspecified atom stereocenters. The second-order valence-electron chi connectivity index (χ2n) is 7.20. The van der Waals surface area contributed by atoms with Gasteiger partial charge in [0, 0.05) is 30.1 Å². The Hall–Kier alpha value is -4.17. The standard InChI is InChI=1S/C26H23N3O4S/c1-2-32-21-8-10-22(11-9-21)33-24-15-18(12-13-27-24)17-28-25(30)19-5-3-6-20(16-19)29-26(31)23-7-4-14-34-23/h3-16H,2,17H2,1H3,(H,28,30)(H,29,31). The topological polar surface area (TPSA) is 89.5 Å². The number of ether oxygens (including phenoxy) is 2. The number of benzene rings is 2. The van der Waals surface area contributed by atoms with E-state index in [0.717, 1.165) is 11.3 Å². The maximum Gasteiger partial charge on any atom is 0.265 e. The quantitative estimate of drug-likeness (QED) is 0.334. The number of nitrogens with one attached hydrogen (secondary N) is 2. The third-order valence-corrected chi connectivity index (χ3v) is 5.61. The Labute approximate surface area is 201 Å². The van der Waals surface area contributed by atoms with E-state index >= 15 is 0 Å². The highest BCUT2D eigenvalue weighted by Gasteiger charge is 2.10. The van der Waals surface area contributed by atoms with E-state index in [9.17, 15) is 9.59 Å². The Morgan fingerprint density at radius 3 is 2.53 bits per heavy atom. The molecule has 0 radical (unpaired) electrons. The zero-order valence-electron chi connectivity index (χ0n) is 18.5. The monoisotopic (exact) mass is 473 g/mol. The minimum Gasteiger partial charge on any atom is -0.494 e. The van der Waals surface area contributed by atoms with Crippen molar-refractivity contribution in [3.05, 3.63) is 100 Å². The van der Waals surface area contributed by atoms with Gasteiger partial charge in [0.25, 0.3) is 11.8 Å². The number of aromatic nitrogens is 1. The van der Waals surface area contributed by atoms with Gasteiger partial charge in [0.05, 0.1) is 11.5 Å². The second-order valence-corrected chi connectivity index (χ2v) is 8.15. The zero-order chi connectivity index (χ0) is 23.8. The third-order valence-electron chi connectivity index (χ3n) is 4.74. The van der Waals surface area contributed by atoms with Crippen LogP contribution in [0.15, 0.2) is 84.4 Å². The van der Waals surface area contributed by atoms with Crippen LogP contribution in [0.4, 0.5) is 5.69 Å². The van der Waals surface area contributed by atoms with Crippen molar-refractivity contribution in [3.63, 3.8) is 0 Å². The minimum atomic E-state index is -0.252. The fourth-order valence-electron chi connectivity index (χ4n) is 3.13. The van der Waals surface area contributed by atoms with Crippen LogP contribution >= 0.6 is 11.3 Å². The summed E-state index contributed by atoms with van der Waals surface area (Å²) in [4.78, 5) is 29.8. The van der Waals surface area contributed by atoms with Crippen LogP contribution in [0.25, 0.3) is 0 Å². The summed E-state index contributed by atoms with van der Waals surface area (Å²) in [5.41, 5.74) is 1.84. The average molecular weight is 474 g/mol. The summed E-state index contributed by atoms with van der Waals surface area (Å²) in [6.07, 6.45) is 1.63. The molecule has 2 heterocycles. The van der Waals surface area contributed by atoms with Gasteiger partial charge in [0.1, 0.15) is 11.5 Å². The van der Waals surface area contributed by atoms with Crippen LogP contribution in [0, 0.1) is 0 Å². The number of nitrogens with zero attached hydrogens (tertiary/aromatic N) is 1. The third kappa shape index (κ3) is 6.20. The van der Waals surface area contributed by atoms with Gasteiger partial charge in [0.2, 0.25) is 5.88 Å². The highest BCUT2D eigenvalue weighted by atomic mass is 32.1. The van der Waals surface area contributed by atoms with Gasteiger partial charge in [-0.2, -0.15) is 0 Å². The van der Waals surface area contributed by atoms with Crippen LogP contribution < -0.4 is 20.1 Å². The number of carbonyl (C=O) groups excluding carboxylic acids is 2. The lowest BCUT2D eigenvalue weighted by Crippen LogP contribution is -2.23. The molecular formula is C26H23N3O4S. The fraction of sp³-hybridized carbons (Fsp3) is 0.115. The Morgan fingerprint density at radius 1 is 0.941 bits per heavy atom. The normalized spacial score (nSPS) is 10.4. The molecular weight excluding hydrogens is 450 g/mol. The van der Waals surface area contributed by atoms with Crippen molar-refractivity contribution < 1.29 is 19.1 Å². The summed E-state index contributed by atoms with van der Waals surface area (Å²) in [5, 5.41) is 7.54. The minimum absolute atomic E-state index is 0.204. The van der Waals surface area contributed by atoms with Crippen LogP contribution in [-0.4, -0.2) is 23.4 Å². The molecule has 4 rings (SSSR count). The number of thiophene rings is 1. The molecule has 0 aliphatic carbocycles. The summed E-state index contributed by atoms with van der Waals surface area (Å²) >= 11 is 1.36. The zero-order valence-corrected chi connectivity index (χ0v) is 19.3. The summed E-state index contributed by atoms with van der Waals surface area (Å²) in [7, 11) is 0. The molecule has 0 spiro atoms. The van der Waals surface area contributed by atoms with E-state index in [4.69, 9.17) is 9.47 Å². The van der Waals surface area contributed by atoms with E-state index in [0.29, 0.717) is 40.9 Å². The summed E-state index contributed by atoms with van der Waals surface area (Å²) in [6.45, 7) is 2.83. The Kier molecular flexibility index (Phi) is 7.52. The van der Waals surface area contributed by atoms with Crippen molar-refractivity contribution in [1.29, 1.82) is 0 Å². The lowest BCUT2D eigenvalue weighted by molar-refractivity contribution is 0.0949. The van der Waals surface area contributed by atoms with Gasteiger partial charge in [0.15, 0.2) is 0 Å². The first-order chi connectivity index (χ1) is 16.6. The molecule has 0 atom stereocenters. The molecule has 0 aliphatic heterocycles. The molecule has 2 N–H and O–H groups in total. The molecule has 172 valence electrons. The number of amides is 2. The molecule has 0 fully saturated rings. The largest absolute Gasteiger partial charge is 0.494 e. The molecule has 4 aromatic rings. The van der Waals surface area contributed by atoms with Gasteiger partial charge in [-0.3, -0.25) is 9.59 Å². The summed E-state index contributed by atoms with van der Waals surface area (Å²) < 4.78 is 11.2. The van der Waals surface area contributed by atoms with E-state index in [2.05, 4.69) is 15.6 Å². The summed E-state index contributed by atoms with van der Waals surface area (Å²) in [6, 6.07) is 21.3. The maximum atomic E-state index is 12.7. The lowest BCUT2D eigenvalue weighted by Gasteiger charge is -2.10. The highest BCUT2D eigenvalue weighted by molar-refractivity contribution is 7.12. The predicted molar refractivity (Wildman–Crippen MR) is 132 cm³/mol.